The molecule has 0 saturated carbocycles. The molecule has 0 bridgehead atoms. The van der Waals surface area contributed by atoms with Gasteiger partial charge in [0.1, 0.15) is 5.82 Å². The van der Waals surface area contributed by atoms with Crippen LogP contribution in [-0.2, 0) is 6.42 Å². The van der Waals surface area contributed by atoms with Crippen molar-refractivity contribution in [2.75, 3.05) is 5.75 Å². The van der Waals surface area contributed by atoms with Gasteiger partial charge in [-0.25, -0.2) is 4.39 Å². The average Bonchev–Trinajstić information content (AvgIpc) is 2.29. The predicted molar refractivity (Wildman–Crippen MR) is 78.0 cm³/mol. The third-order valence-corrected chi connectivity index (χ3v) is 4.93. The van der Waals surface area contributed by atoms with Crippen LogP contribution in [0.4, 0.5) is 4.39 Å². The molecule has 1 nitrogen and oxygen atoms in total. The molecule has 17 heavy (non-hydrogen) atoms. The summed E-state index contributed by atoms with van der Waals surface area (Å²) >= 11 is 5.27. The van der Waals surface area contributed by atoms with Crippen LogP contribution in [0, 0.1) is 5.82 Å². The summed E-state index contributed by atoms with van der Waals surface area (Å²) in [4.78, 5) is 0. The molecule has 0 amide bonds. The Morgan fingerprint density at radius 1 is 1.47 bits per heavy atom. The maximum absolute atomic E-state index is 12.9. The van der Waals surface area contributed by atoms with Gasteiger partial charge in [-0.05, 0) is 30.5 Å². The summed E-state index contributed by atoms with van der Waals surface area (Å²) in [6.07, 6.45) is 1.95. The smallest absolute Gasteiger partial charge is 0.124 e. The monoisotopic (exact) mass is 319 g/mol. The molecule has 0 aliphatic heterocycles. The molecule has 0 aromatic heterocycles. The normalized spacial score (nSPS) is 14.6. The number of thioether (sulfide) groups is 1. The Labute approximate surface area is 115 Å². The summed E-state index contributed by atoms with van der Waals surface area (Å²) in [6, 6.07) is 4.89. The van der Waals surface area contributed by atoms with Crippen LogP contribution in [0.15, 0.2) is 22.7 Å². The van der Waals surface area contributed by atoms with Gasteiger partial charge >= 0.3 is 0 Å². The molecule has 0 saturated heterocycles. The molecule has 4 heteroatoms. The van der Waals surface area contributed by atoms with Gasteiger partial charge in [0.05, 0.1) is 0 Å². The first-order chi connectivity index (χ1) is 8.02. The first-order valence-corrected chi connectivity index (χ1v) is 7.68. The van der Waals surface area contributed by atoms with E-state index in [2.05, 4.69) is 29.8 Å². The molecule has 96 valence electrons. The van der Waals surface area contributed by atoms with Crippen LogP contribution in [0.1, 0.15) is 25.8 Å². The fourth-order valence-electron chi connectivity index (χ4n) is 1.43. The molecule has 0 spiro atoms. The van der Waals surface area contributed by atoms with Crippen LogP contribution in [0.5, 0.6) is 0 Å². The largest absolute Gasteiger partial charge is 0.327 e. The summed E-state index contributed by atoms with van der Waals surface area (Å²) in [6.45, 7) is 4.39. The lowest BCUT2D eigenvalue weighted by Gasteiger charge is -2.15. The zero-order chi connectivity index (χ0) is 12.8. The highest BCUT2D eigenvalue weighted by Gasteiger charge is 2.09. The molecule has 0 aliphatic rings. The van der Waals surface area contributed by atoms with E-state index < -0.39 is 0 Å². The van der Waals surface area contributed by atoms with Gasteiger partial charge in [0.25, 0.3) is 0 Å². The highest BCUT2D eigenvalue weighted by atomic mass is 79.9. The summed E-state index contributed by atoms with van der Waals surface area (Å²) in [5.74, 6) is 0.724. The SMILES string of the molecule is CCC(C)SCC(N)Cc1ccc(F)cc1Br. The van der Waals surface area contributed by atoms with Gasteiger partial charge in [0.2, 0.25) is 0 Å². The van der Waals surface area contributed by atoms with Crippen LogP contribution < -0.4 is 5.73 Å². The van der Waals surface area contributed by atoms with E-state index in [0.717, 1.165) is 28.6 Å². The number of nitrogens with two attached hydrogens (primary N) is 1. The van der Waals surface area contributed by atoms with Crippen molar-refractivity contribution in [1.29, 1.82) is 0 Å². The lowest BCUT2D eigenvalue weighted by atomic mass is 10.1. The first kappa shape index (κ1) is 15.0. The average molecular weight is 320 g/mol. The Morgan fingerprint density at radius 3 is 2.76 bits per heavy atom. The number of rotatable bonds is 6. The summed E-state index contributed by atoms with van der Waals surface area (Å²) in [5.41, 5.74) is 7.15. The van der Waals surface area contributed by atoms with E-state index >= 15 is 0 Å². The quantitative estimate of drug-likeness (QED) is 0.858. The van der Waals surface area contributed by atoms with E-state index in [0.29, 0.717) is 5.25 Å². The third kappa shape index (κ3) is 5.40. The Hall–Kier alpha value is -0.0600. The van der Waals surface area contributed by atoms with Crippen LogP contribution in [0.3, 0.4) is 0 Å². The van der Waals surface area contributed by atoms with E-state index in [1.165, 1.54) is 12.1 Å². The molecule has 0 fully saturated rings. The maximum atomic E-state index is 12.9. The van der Waals surface area contributed by atoms with Crippen molar-refractivity contribution in [2.45, 2.75) is 38.0 Å². The molecule has 1 aromatic carbocycles. The summed E-state index contributed by atoms with van der Waals surface area (Å²) in [7, 11) is 0. The molecular formula is C13H19BrFNS. The van der Waals surface area contributed by atoms with Crippen molar-refractivity contribution < 1.29 is 4.39 Å². The van der Waals surface area contributed by atoms with Crippen molar-refractivity contribution >= 4 is 27.7 Å². The predicted octanol–water partition coefficient (Wildman–Crippen LogP) is 3.99. The van der Waals surface area contributed by atoms with E-state index in [4.69, 9.17) is 5.73 Å². The van der Waals surface area contributed by atoms with Crippen LogP contribution >= 0.6 is 27.7 Å². The van der Waals surface area contributed by atoms with E-state index in [1.54, 1.807) is 6.07 Å². The Morgan fingerprint density at radius 2 is 2.18 bits per heavy atom. The van der Waals surface area contributed by atoms with Gasteiger partial charge in [-0.3, -0.25) is 0 Å². The van der Waals surface area contributed by atoms with Crippen LogP contribution in [-0.4, -0.2) is 17.0 Å². The van der Waals surface area contributed by atoms with Gasteiger partial charge in [-0.1, -0.05) is 35.8 Å². The first-order valence-electron chi connectivity index (χ1n) is 5.84. The van der Waals surface area contributed by atoms with Gasteiger partial charge in [-0.2, -0.15) is 11.8 Å². The third-order valence-electron chi connectivity index (χ3n) is 2.67. The molecule has 0 heterocycles. The molecule has 1 aromatic rings. The lowest BCUT2D eigenvalue weighted by molar-refractivity contribution is 0.624. The second-order valence-electron chi connectivity index (χ2n) is 4.25. The number of benzene rings is 1. The fourth-order valence-corrected chi connectivity index (χ4v) is 2.88. The van der Waals surface area contributed by atoms with Gasteiger partial charge in [0.15, 0.2) is 0 Å². The zero-order valence-corrected chi connectivity index (χ0v) is 12.7. The molecule has 0 aliphatic carbocycles. The lowest BCUT2D eigenvalue weighted by Crippen LogP contribution is -2.26. The van der Waals surface area contributed by atoms with E-state index in [9.17, 15) is 4.39 Å². The van der Waals surface area contributed by atoms with Crippen molar-refractivity contribution in [3.05, 3.63) is 34.1 Å². The minimum absolute atomic E-state index is 0.121. The highest BCUT2D eigenvalue weighted by Crippen LogP contribution is 2.21. The van der Waals surface area contributed by atoms with Crippen LogP contribution in [0.25, 0.3) is 0 Å². The molecule has 0 radical (unpaired) electrons. The van der Waals surface area contributed by atoms with Crippen LogP contribution in [0.2, 0.25) is 0 Å². The van der Waals surface area contributed by atoms with Crippen molar-refractivity contribution in [2.24, 2.45) is 5.73 Å². The van der Waals surface area contributed by atoms with Gasteiger partial charge in [-0.15, -0.1) is 0 Å². The zero-order valence-electron chi connectivity index (χ0n) is 10.2. The highest BCUT2D eigenvalue weighted by molar-refractivity contribution is 9.10. The van der Waals surface area contributed by atoms with Gasteiger partial charge < -0.3 is 5.73 Å². The maximum Gasteiger partial charge on any atom is 0.124 e. The molecule has 2 unspecified atom stereocenters. The topological polar surface area (TPSA) is 26.0 Å². The Balaban J connectivity index is 2.47. The molecule has 2 N–H and O–H groups in total. The standard InChI is InChI=1S/C13H19BrFNS/c1-3-9(2)17-8-12(16)6-10-4-5-11(15)7-13(10)14/h4-5,7,9,12H,3,6,8,16H2,1-2H3. The second kappa shape index (κ2) is 7.39. The van der Waals surface area contributed by atoms with Crippen molar-refractivity contribution in [3.8, 4) is 0 Å². The molecule has 2 atom stereocenters. The Kier molecular flexibility index (Phi) is 6.52. The molecular weight excluding hydrogens is 301 g/mol. The second-order valence-corrected chi connectivity index (χ2v) is 6.58. The van der Waals surface area contributed by atoms with E-state index in [-0.39, 0.29) is 11.9 Å². The Bertz CT molecular complexity index is 359. The summed E-state index contributed by atoms with van der Waals surface area (Å²) < 4.78 is 13.7. The number of hydrogen-bond acceptors (Lipinski definition) is 2. The van der Waals surface area contributed by atoms with Gasteiger partial charge in [0, 0.05) is 21.5 Å². The van der Waals surface area contributed by atoms with Crippen molar-refractivity contribution in [3.63, 3.8) is 0 Å². The van der Waals surface area contributed by atoms with Crippen molar-refractivity contribution in [1.82, 2.24) is 0 Å². The number of hydrogen-bond donors (Lipinski definition) is 1. The van der Waals surface area contributed by atoms with E-state index in [1.807, 2.05) is 11.8 Å². The summed E-state index contributed by atoms with van der Waals surface area (Å²) in [5, 5.41) is 0.651. The fraction of sp³-hybridized carbons (Fsp3) is 0.538. The molecule has 1 rings (SSSR count). The number of halogens is 2. The minimum atomic E-state index is -0.219. The minimum Gasteiger partial charge on any atom is -0.327 e.